The third-order valence-corrected chi connectivity index (χ3v) is 5.38. The molecular formula is C19H21N3O3S. The Labute approximate surface area is 156 Å². The number of benzene rings is 1. The van der Waals surface area contributed by atoms with Crippen LogP contribution in [0.4, 0.5) is 5.00 Å². The van der Waals surface area contributed by atoms with Crippen LogP contribution in [-0.2, 0) is 11.3 Å². The van der Waals surface area contributed by atoms with Crippen LogP contribution in [0.2, 0.25) is 0 Å². The van der Waals surface area contributed by atoms with E-state index in [1.54, 1.807) is 12.1 Å². The molecule has 1 aromatic heterocycles. The number of nitro groups is 1. The van der Waals surface area contributed by atoms with Crippen LogP contribution in [0.3, 0.4) is 0 Å². The van der Waals surface area contributed by atoms with Crippen LogP contribution < -0.4 is 5.32 Å². The lowest BCUT2D eigenvalue weighted by Gasteiger charge is -2.32. The fourth-order valence-electron chi connectivity index (χ4n) is 3.01. The van der Waals surface area contributed by atoms with Crippen LogP contribution in [0.25, 0.3) is 6.08 Å². The molecule has 0 atom stereocenters. The van der Waals surface area contributed by atoms with Crippen molar-refractivity contribution in [2.45, 2.75) is 25.4 Å². The van der Waals surface area contributed by atoms with E-state index in [2.05, 4.69) is 34.5 Å². The summed E-state index contributed by atoms with van der Waals surface area (Å²) in [5.74, 6) is -0.150. The van der Waals surface area contributed by atoms with Gasteiger partial charge in [-0.25, -0.2) is 0 Å². The molecule has 6 nitrogen and oxygen atoms in total. The van der Waals surface area contributed by atoms with Crippen LogP contribution in [0.1, 0.15) is 23.3 Å². The second kappa shape index (κ2) is 8.73. The third-order valence-electron chi connectivity index (χ3n) is 4.37. The molecule has 1 aliphatic rings. The van der Waals surface area contributed by atoms with Crippen molar-refractivity contribution in [1.82, 2.24) is 10.2 Å². The van der Waals surface area contributed by atoms with Crippen molar-refractivity contribution in [2.75, 3.05) is 13.1 Å². The van der Waals surface area contributed by atoms with Gasteiger partial charge in [-0.3, -0.25) is 19.8 Å². The minimum Gasteiger partial charge on any atom is -0.350 e. The maximum atomic E-state index is 12.1. The van der Waals surface area contributed by atoms with Crippen molar-refractivity contribution >= 4 is 28.3 Å². The average molecular weight is 371 g/mol. The SMILES string of the molecule is O=C(/C=C/c1ccc([N+](=O)[O-])s1)NC1CCN(Cc2ccccc2)CC1. The van der Waals surface area contributed by atoms with E-state index >= 15 is 0 Å². The molecule has 2 heterocycles. The van der Waals surface area contributed by atoms with Crippen LogP contribution in [0.15, 0.2) is 48.5 Å². The first kappa shape index (κ1) is 18.3. The molecule has 0 saturated carbocycles. The van der Waals surface area contributed by atoms with Crippen LogP contribution in [-0.4, -0.2) is 34.9 Å². The summed E-state index contributed by atoms with van der Waals surface area (Å²) in [4.78, 5) is 25.4. The molecule has 0 bridgehead atoms. The summed E-state index contributed by atoms with van der Waals surface area (Å²) < 4.78 is 0. The molecule has 0 aliphatic carbocycles. The summed E-state index contributed by atoms with van der Waals surface area (Å²) in [5, 5.41) is 13.8. The first-order chi connectivity index (χ1) is 12.6. The third kappa shape index (κ3) is 5.24. The molecule has 1 aliphatic heterocycles. The topological polar surface area (TPSA) is 75.5 Å². The van der Waals surface area contributed by atoms with Crippen molar-refractivity contribution in [3.63, 3.8) is 0 Å². The maximum Gasteiger partial charge on any atom is 0.324 e. The number of hydrogen-bond donors (Lipinski definition) is 1. The lowest BCUT2D eigenvalue weighted by atomic mass is 10.0. The Morgan fingerprint density at radius 1 is 1.23 bits per heavy atom. The number of thiophene rings is 1. The van der Waals surface area contributed by atoms with Crippen molar-refractivity contribution < 1.29 is 9.72 Å². The highest BCUT2D eigenvalue weighted by Crippen LogP contribution is 2.24. The zero-order chi connectivity index (χ0) is 18.4. The van der Waals surface area contributed by atoms with E-state index in [4.69, 9.17) is 0 Å². The molecule has 0 radical (unpaired) electrons. The first-order valence-electron chi connectivity index (χ1n) is 8.59. The Hall–Kier alpha value is -2.51. The molecule has 0 spiro atoms. The summed E-state index contributed by atoms with van der Waals surface area (Å²) in [7, 11) is 0. The zero-order valence-corrected chi connectivity index (χ0v) is 15.2. The monoisotopic (exact) mass is 371 g/mol. The van der Waals surface area contributed by atoms with Gasteiger partial charge in [-0.2, -0.15) is 0 Å². The van der Waals surface area contributed by atoms with E-state index in [0.29, 0.717) is 4.88 Å². The predicted molar refractivity (Wildman–Crippen MR) is 103 cm³/mol. The van der Waals surface area contributed by atoms with Gasteiger partial charge in [0.05, 0.1) is 4.92 Å². The first-order valence-corrected chi connectivity index (χ1v) is 9.41. The summed E-state index contributed by atoms with van der Waals surface area (Å²) >= 11 is 1.06. The standard InChI is InChI=1S/C19H21N3O3S/c23-18(8-6-17-7-9-19(26-17)22(24)25)20-16-10-12-21(13-11-16)14-15-4-2-1-3-5-15/h1-9,16H,10-14H2,(H,20,23)/b8-6+. The Bertz CT molecular complexity index is 780. The Morgan fingerprint density at radius 3 is 2.62 bits per heavy atom. The highest BCUT2D eigenvalue weighted by molar-refractivity contribution is 7.16. The van der Waals surface area contributed by atoms with Gasteiger partial charge in [0.1, 0.15) is 0 Å². The zero-order valence-electron chi connectivity index (χ0n) is 14.3. The van der Waals surface area contributed by atoms with E-state index in [1.165, 1.54) is 17.7 Å². The minimum absolute atomic E-state index is 0.0795. The molecule has 7 heteroatoms. The molecule has 2 aromatic rings. The van der Waals surface area contributed by atoms with Crippen molar-refractivity contribution in [1.29, 1.82) is 0 Å². The molecule has 1 saturated heterocycles. The van der Waals surface area contributed by atoms with Gasteiger partial charge in [0, 0.05) is 42.7 Å². The summed E-state index contributed by atoms with van der Waals surface area (Å²) in [6.07, 6.45) is 4.93. The van der Waals surface area contributed by atoms with Crippen LogP contribution >= 0.6 is 11.3 Å². The van der Waals surface area contributed by atoms with E-state index < -0.39 is 4.92 Å². The van der Waals surface area contributed by atoms with Crippen molar-refractivity contribution in [2.24, 2.45) is 0 Å². The molecule has 0 unspecified atom stereocenters. The molecule has 1 fully saturated rings. The van der Waals surface area contributed by atoms with Gasteiger partial charge in [0.15, 0.2) is 0 Å². The number of nitrogens with zero attached hydrogens (tertiary/aromatic N) is 2. The summed E-state index contributed by atoms with van der Waals surface area (Å²) in [6, 6.07) is 13.7. The second-order valence-electron chi connectivity index (χ2n) is 6.31. The molecule has 136 valence electrons. The van der Waals surface area contributed by atoms with Gasteiger partial charge in [-0.1, -0.05) is 41.7 Å². The fourth-order valence-corrected chi connectivity index (χ4v) is 3.74. The number of piperidine rings is 1. The minimum atomic E-state index is -0.425. The van der Waals surface area contributed by atoms with Crippen molar-refractivity contribution in [3.05, 3.63) is 69.1 Å². The van der Waals surface area contributed by atoms with Gasteiger partial charge >= 0.3 is 5.00 Å². The van der Waals surface area contributed by atoms with Crippen LogP contribution in [0, 0.1) is 10.1 Å². The van der Waals surface area contributed by atoms with Crippen LogP contribution in [0.5, 0.6) is 0 Å². The molecule has 26 heavy (non-hydrogen) atoms. The molecular weight excluding hydrogens is 350 g/mol. The number of nitrogens with one attached hydrogen (secondary N) is 1. The summed E-state index contributed by atoms with van der Waals surface area (Å²) in [6.45, 7) is 2.86. The number of hydrogen-bond acceptors (Lipinski definition) is 5. The Morgan fingerprint density at radius 2 is 1.96 bits per heavy atom. The van der Waals surface area contributed by atoms with E-state index in [-0.39, 0.29) is 17.0 Å². The second-order valence-corrected chi connectivity index (χ2v) is 7.40. The smallest absolute Gasteiger partial charge is 0.324 e. The fraction of sp³-hybridized carbons (Fsp3) is 0.316. The summed E-state index contributed by atoms with van der Waals surface area (Å²) in [5.41, 5.74) is 1.31. The van der Waals surface area contributed by atoms with Gasteiger partial charge in [0.2, 0.25) is 5.91 Å². The lowest BCUT2D eigenvalue weighted by molar-refractivity contribution is -0.380. The van der Waals surface area contributed by atoms with E-state index in [9.17, 15) is 14.9 Å². The number of likely N-dealkylation sites (tertiary alicyclic amines) is 1. The Kier molecular flexibility index (Phi) is 6.14. The molecule has 1 N–H and O–H groups in total. The number of carbonyl (C=O) groups excluding carboxylic acids is 1. The number of amides is 1. The highest BCUT2D eigenvalue weighted by Gasteiger charge is 2.20. The number of carbonyl (C=O) groups is 1. The largest absolute Gasteiger partial charge is 0.350 e. The van der Waals surface area contributed by atoms with E-state index in [0.717, 1.165) is 43.8 Å². The van der Waals surface area contributed by atoms with Gasteiger partial charge in [-0.15, -0.1) is 0 Å². The maximum absolute atomic E-state index is 12.1. The normalized spacial score (nSPS) is 16.0. The number of rotatable bonds is 6. The highest BCUT2D eigenvalue weighted by atomic mass is 32.1. The molecule has 3 rings (SSSR count). The Balaban J connectivity index is 1.43. The van der Waals surface area contributed by atoms with E-state index in [1.807, 2.05) is 6.07 Å². The van der Waals surface area contributed by atoms with Gasteiger partial charge < -0.3 is 5.32 Å². The van der Waals surface area contributed by atoms with Gasteiger partial charge in [-0.05, 0) is 30.5 Å². The van der Waals surface area contributed by atoms with Crippen molar-refractivity contribution in [3.8, 4) is 0 Å². The molecule has 1 aromatic carbocycles. The molecule has 1 amide bonds. The van der Waals surface area contributed by atoms with Gasteiger partial charge in [0.25, 0.3) is 0 Å². The lowest BCUT2D eigenvalue weighted by Crippen LogP contribution is -2.43. The quantitative estimate of drug-likeness (QED) is 0.479. The average Bonchev–Trinajstić information content (AvgIpc) is 3.12. The predicted octanol–water partition coefficient (Wildman–Crippen LogP) is 3.45.